The molecule has 0 saturated carbocycles. The quantitative estimate of drug-likeness (QED) is 0.764. The first kappa shape index (κ1) is 19.1. The summed E-state index contributed by atoms with van der Waals surface area (Å²) in [5, 5.41) is 6.00. The summed E-state index contributed by atoms with van der Waals surface area (Å²) in [6, 6.07) is 8.73. The van der Waals surface area contributed by atoms with Crippen LogP contribution in [0.15, 0.2) is 42.7 Å². The third kappa shape index (κ3) is 5.96. The summed E-state index contributed by atoms with van der Waals surface area (Å²) in [5.74, 6) is -0.817. The van der Waals surface area contributed by atoms with Crippen molar-refractivity contribution in [3.05, 3.63) is 65.2 Å². The summed E-state index contributed by atoms with van der Waals surface area (Å²) in [7, 11) is 0. The average Bonchev–Trinajstić information content (AvgIpc) is 2.54. The highest BCUT2D eigenvalue weighted by atomic mass is 35.5. The number of pyridine rings is 1. The van der Waals surface area contributed by atoms with Crippen LogP contribution in [0, 0.1) is 12.7 Å². The molecule has 124 valence electrons. The highest BCUT2D eigenvalue weighted by molar-refractivity contribution is 5.94. The summed E-state index contributed by atoms with van der Waals surface area (Å²) >= 11 is 0. The van der Waals surface area contributed by atoms with E-state index >= 15 is 0 Å². The van der Waals surface area contributed by atoms with Gasteiger partial charge in [0.2, 0.25) is 0 Å². The molecule has 6 heteroatoms. The Morgan fingerprint density at radius 3 is 2.78 bits per heavy atom. The highest BCUT2D eigenvalue weighted by Crippen LogP contribution is 2.11. The van der Waals surface area contributed by atoms with E-state index in [9.17, 15) is 9.18 Å². The van der Waals surface area contributed by atoms with E-state index in [1.165, 1.54) is 6.07 Å². The molecule has 0 aliphatic carbocycles. The van der Waals surface area contributed by atoms with Crippen LogP contribution in [-0.2, 0) is 6.54 Å². The molecular formula is C17H21ClFN3O. The van der Waals surface area contributed by atoms with Crippen LogP contribution in [0.3, 0.4) is 0 Å². The van der Waals surface area contributed by atoms with Gasteiger partial charge in [-0.05, 0) is 43.1 Å². The molecule has 4 nitrogen and oxygen atoms in total. The van der Waals surface area contributed by atoms with Gasteiger partial charge in [-0.3, -0.25) is 9.78 Å². The molecular weight excluding hydrogens is 317 g/mol. The highest BCUT2D eigenvalue weighted by Gasteiger charge is 2.12. The summed E-state index contributed by atoms with van der Waals surface area (Å²) < 4.78 is 13.8. The predicted octanol–water partition coefficient (Wildman–Crippen LogP) is 2.86. The fourth-order valence-electron chi connectivity index (χ4n) is 2.07. The van der Waals surface area contributed by atoms with E-state index in [4.69, 9.17) is 0 Å². The zero-order chi connectivity index (χ0) is 15.8. The number of hydrogen-bond acceptors (Lipinski definition) is 3. The van der Waals surface area contributed by atoms with Crippen LogP contribution in [-0.4, -0.2) is 24.0 Å². The molecule has 2 rings (SSSR count). The normalized spacial score (nSPS) is 10.0. The minimum absolute atomic E-state index is 0. The predicted molar refractivity (Wildman–Crippen MR) is 91.3 cm³/mol. The third-order valence-corrected chi connectivity index (χ3v) is 3.30. The van der Waals surface area contributed by atoms with Crippen LogP contribution in [0.4, 0.5) is 4.39 Å². The Morgan fingerprint density at radius 1 is 1.22 bits per heavy atom. The maximum atomic E-state index is 13.8. The van der Waals surface area contributed by atoms with E-state index in [0.29, 0.717) is 12.1 Å². The van der Waals surface area contributed by atoms with Crippen molar-refractivity contribution in [2.24, 2.45) is 0 Å². The molecule has 1 aromatic heterocycles. The number of carbonyl (C=O) groups is 1. The van der Waals surface area contributed by atoms with Crippen LogP contribution in [0.1, 0.15) is 27.9 Å². The first-order valence-corrected chi connectivity index (χ1v) is 7.31. The third-order valence-electron chi connectivity index (χ3n) is 3.30. The van der Waals surface area contributed by atoms with Gasteiger partial charge in [0.25, 0.3) is 5.91 Å². The van der Waals surface area contributed by atoms with E-state index in [-0.39, 0.29) is 23.9 Å². The lowest BCUT2D eigenvalue weighted by molar-refractivity contribution is 0.0949. The van der Waals surface area contributed by atoms with Crippen LogP contribution in [0.5, 0.6) is 0 Å². The number of carbonyl (C=O) groups excluding carboxylic acids is 1. The zero-order valence-corrected chi connectivity index (χ0v) is 13.8. The summed E-state index contributed by atoms with van der Waals surface area (Å²) in [6.07, 6.45) is 4.33. The van der Waals surface area contributed by atoms with Crippen molar-refractivity contribution in [3.8, 4) is 0 Å². The van der Waals surface area contributed by atoms with Crippen molar-refractivity contribution in [2.75, 3.05) is 13.1 Å². The van der Waals surface area contributed by atoms with Crippen LogP contribution in [0.25, 0.3) is 0 Å². The number of nitrogens with one attached hydrogen (secondary N) is 2. The average molecular weight is 338 g/mol. The smallest absolute Gasteiger partial charge is 0.254 e. The maximum absolute atomic E-state index is 13.8. The lowest BCUT2D eigenvalue weighted by Crippen LogP contribution is -2.28. The van der Waals surface area contributed by atoms with E-state index in [1.807, 2.05) is 18.3 Å². The lowest BCUT2D eigenvalue weighted by atomic mass is 10.1. The Balaban J connectivity index is 0.00000264. The molecule has 1 aromatic carbocycles. The molecule has 0 radical (unpaired) electrons. The van der Waals surface area contributed by atoms with Gasteiger partial charge in [-0.25, -0.2) is 4.39 Å². The van der Waals surface area contributed by atoms with E-state index in [2.05, 4.69) is 15.6 Å². The topological polar surface area (TPSA) is 54.0 Å². The second-order valence-corrected chi connectivity index (χ2v) is 5.08. The number of amides is 1. The summed E-state index contributed by atoms with van der Waals surface area (Å²) in [4.78, 5) is 15.9. The van der Waals surface area contributed by atoms with E-state index < -0.39 is 5.82 Å². The van der Waals surface area contributed by atoms with Crippen molar-refractivity contribution in [1.29, 1.82) is 0 Å². The van der Waals surface area contributed by atoms with Gasteiger partial charge in [0.05, 0.1) is 5.56 Å². The molecule has 0 bridgehead atoms. The molecule has 23 heavy (non-hydrogen) atoms. The molecule has 0 fully saturated rings. The molecule has 0 saturated heterocycles. The Morgan fingerprint density at radius 2 is 2.04 bits per heavy atom. The van der Waals surface area contributed by atoms with Gasteiger partial charge in [-0.2, -0.15) is 0 Å². The number of aromatic nitrogens is 1. The van der Waals surface area contributed by atoms with Crippen molar-refractivity contribution >= 4 is 18.3 Å². The van der Waals surface area contributed by atoms with E-state index in [1.54, 1.807) is 25.3 Å². The minimum atomic E-state index is -0.449. The molecule has 2 aromatic rings. The number of benzene rings is 1. The Bertz CT molecular complexity index is 622. The Kier molecular flexibility index (Phi) is 8.22. The number of aryl methyl sites for hydroxylation is 1. The second-order valence-electron chi connectivity index (χ2n) is 5.08. The van der Waals surface area contributed by atoms with Gasteiger partial charge in [-0.1, -0.05) is 18.2 Å². The van der Waals surface area contributed by atoms with Crippen LogP contribution in [0.2, 0.25) is 0 Å². The van der Waals surface area contributed by atoms with Gasteiger partial charge in [-0.15, -0.1) is 12.4 Å². The van der Waals surface area contributed by atoms with E-state index in [0.717, 1.165) is 25.1 Å². The molecule has 0 spiro atoms. The first-order chi connectivity index (χ1) is 10.7. The van der Waals surface area contributed by atoms with Crippen LogP contribution >= 0.6 is 12.4 Å². The SMILES string of the molecule is Cc1cccc(C(=O)NCCCNCc2cccnc2)c1F.Cl. The molecule has 0 atom stereocenters. The fraction of sp³-hybridized carbons (Fsp3) is 0.294. The van der Waals surface area contributed by atoms with Gasteiger partial charge in [0.15, 0.2) is 0 Å². The first-order valence-electron chi connectivity index (χ1n) is 7.31. The Hall–Kier alpha value is -1.98. The van der Waals surface area contributed by atoms with Gasteiger partial charge >= 0.3 is 0 Å². The van der Waals surface area contributed by atoms with Gasteiger partial charge < -0.3 is 10.6 Å². The molecule has 1 amide bonds. The number of halogens is 2. The maximum Gasteiger partial charge on any atom is 0.254 e. The number of nitrogens with zero attached hydrogens (tertiary/aromatic N) is 1. The molecule has 1 heterocycles. The number of hydrogen-bond donors (Lipinski definition) is 2. The summed E-state index contributed by atoms with van der Waals surface area (Å²) in [5.41, 5.74) is 1.70. The second kappa shape index (κ2) is 9.92. The lowest BCUT2D eigenvalue weighted by Gasteiger charge is -2.08. The van der Waals surface area contributed by atoms with Crippen molar-refractivity contribution in [3.63, 3.8) is 0 Å². The van der Waals surface area contributed by atoms with Crippen molar-refractivity contribution in [1.82, 2.24) is 15.6 Å². The molecule has 0 aliphatic heterocycles. The van der Waals surface area contributed by atoms with Crippen LogP contribution < -0.4 is 10.6 Å². The molecule has 0 unspecified atom stereocenters. The fourth-order valence-corrected chi connectivity index (χ4v) is 2.07. The van der Waals surface area contributed by atoms with Gasteiger partial charge in [0.1, 0.15) is 5.82 Å². The molecule has 2 N–H and O–H groups in total. The van der Waals surface area contributed by atoms with Crippen molar-refractivity contribution in [2.45, 2.75) is 19.9 Å². The van der Waals surface area contributed by atoms with Gasteiger partial charge in [0, 0.05) is 25.5 Å². The summed E-state index contributed by atoms with van der Waals surface area (Å²) in [6.45, 7) is 3.67. The minimum Gasteiger partial charge on any atom is -0.352 e. The standard InChI is InChI=1S/C17H20FN3O.ClH/c1-13-5-2-7-15(16(13)18)17(22)21-10-4-9-20-12-14-6-3-8-19-11-14;/h2-3,5-8,11,20H,4,9-10,12H2,1H3,(H,21,22);1H. The number of rotatable bonds is 7. The Labute approximate surface area is 141 Å². The molecule has 0 aliphatic rings. The monoisotopic (exact) mass is 337 g/mol. The van der Waals surface area contributed by atoms with Crippen molar-refractivity contribution < 1.29 is 9.18 Å². The largest absolute Gasteiger partial charge is 0.352 e. The zero-order valence-electron chi connectivity index (χ0n) is 13.0.